The number of thiophene rings is 1. The first-order chi connectivity index (χ1) is 13.3. The van der Waals surface area contributed by atoms with Crippen molar-refractivity contribution in [1.82, 2.24) is 0 Å². The van der Waals surface area contributed by atoms with Gasteiger partial charge < -0.3 is 19.5 Å². The molecule has 1 N–H and O–H groups in total. The number of carbonyl (C=O) groups excluding carboxylic acids is 2. The van der Waals surface area contributed by atoms with Crippen molar-refractivity contribution < 1.29 is 23.8 Å². The lowest BCUT2D eigenvalue weighted by molar-refractivity contribution is -0.148. The normalized spacial score (nSPS) is 18.6. The highest BCUT2D eigenvalue weighted by Gasteiger charge is 2.32. The molecule has 2 heterocycles. The molecule has 2 aliphatic rings. The standard InChI is InChI=1S/C20H24N2O5S/c1-20(2,3)12-4-5-13-14(9-21)18(28-16(13)8-12)22-17(23)11-27-19(24)15-10-25-6-7-26-15/h10,12H,4-8,11H2,1-3H3,(H,22,23)/t12-/m1/s1. The summed E-state index contributed by atoms with van der Waals surface area (Å²) in [5, 5.41) is 12.8. The van der Waals surface area contributed by atoms with Crippen LogP contribution in [0.3, 0.4) is 0 Å². The van der Waals surface area contributed by atoms with Gasteiger partial charge in [0, 0.05) is 4.88 Å². The second-order valence-electron chi connectivity index (χ2n) is 7.95. The number of fused-ring (bicyclic) bond motifs is 1. The van der Waals surface area contributed by atoms with Crippen LogP contribution in [0.4, 0.5) is 5.00 Å². The molecule has 28 heavy (non-hydrogen) atoms. The number of hydrogen-bond donors (Lipinski definition) is 1. The van der Waals surface area contributed by atoms with Gasteiger partial charge in [0.2, 0.25) is 5.76 Å². The van der Waals surface area contributed by atoms with Crippen LogP contribution < -0.4 is 5.32 Å². The first-order valence-electron chi connectivity index (χ1n) is 9.25. The van der Waals surface area contributed by atoms with E-state index < -0.39 is 18.5 Å². The molecule has 8 heteroatoms. The highest BCUT2D eigenvalue weighted by molar-refractivity contribution is 7.16. The van der Waals surface area contributed by atoms with Crippen LogP contribution in [-0.2, 0) is 36.6 Å². The predicted octanol–water partition coefficient (Wildman–Crippen LogP) is 3.14. The molecule has 3 rings (SSSR count). The minimum atomic E-state index is -0.756. The van der Waals surface area contributed by atoms with Crippen LogP contribution in [0.25, 0.3) is 0 Å². The van der Waals surface area contributed by atoms with Crippen molar-refractivity contribution in [1.29, 1.82) is 5.26 Å². The number of nitriles is 1. The van der Waals surface area contributed by atoms with E-state index in [0.717, 1.165) is 29.7 Å². The molecule has 1 amide bonds. The predicted molar refractivity (Wildman–Crippen MR) is 104 cm³/mol. The highest BCUT2D eigenvalue weighted by atomic mass is 32.1. The number of amides is 1. The number of carbonyl (C=O) groups is 2. The van der Waals surface area contributed by atoms with E-state index in [0.29, 0.717) is 23.1 Å². The largest absolute Gasteiger partial charge is 0.493 e. The zero-order valence-corrected chi connectivity index (χ0v) is 17.1. The maximum atomic E-state index is 12.2. The SMILES string of the molecule is CC(C)(C)[C@@H]1CCc2c(sc(NC(=O)COC(=O)C3=COCCO3)c2C#N)C1. The summed E-state index contributed by atoms with van der Waals surface area (Å²) >= 11 is 1.45. The van der Waals surface area contributed by atoms with E-state index in [9.17, 15) is 14.9 Å². The third kappa shape index (κ3) is 4.47. The topological polar surface area (TPSA) is 97.7 Å². The van der Waals surface area contributed by atoms with E-state index in [2.05, 4.69) is 32.2 Å². The molecule has 0 radical (unpaired) electrons. The van der Waals surface area contributed by atoms with Crippen LogP contribution in [0.1, 0.15) is 43.2 Å². The number of nitrogens with one attached hydrogen (secondary N) is 1. The number of hydrogen-bond acceptors (Lipinski definition) is 7. The third-order valence-corrected chi connectivity index (χ3v) is 6.21. The summed E-state index contributed by atoms with van der Waals surface area (Å²) in [5.74, 6) is -0.765. The van der Waals surface area contributed by atoms with Crippen molar-refractivity contribution in [3.63, 3.8) is 0 Å². The molecule has 1 aromatic heterocycles. The van der Waals surface area contributed by atoms with E-state index in [1.807, 2.05) is 0 Å². The fraction of sp³-hybridized carbons (Fsp3) is 0.550. The minimum absolute atomic E-state index is 0.0587. The highest BCUT2D eigenvalue weighted by Crippen LogP contribution is 2.43. The summed E-state index contributed by atoms with van der Waals surface area (Å²) in [5.41, 5.74) is 1.77. The van der Waals surface area contributed by atoms with E-state index in [-0.39, 0.29) is 17.8 Å². The summed E-state index contributed by atoms with van der Waals surface area (Å²) in [6.45, 7) is 6.86. The lowest BCUT2D eigenvalue weighted by Gasteiger charge is -2.33. The summed E-state index contributed by atoms with van der Waals surface area (Å²) in [6.07, 6.45) is 3.96. The Morgan fingerprint density at radius 1 is 1.39 bits per heavy atom. The smallest absolute Gasteiger partial charge is 0.377 e. The fourth-order valence-electron chi connectivity index (χ4n) is 3.37. The van der Waals surface area contributed by atoms with Crippen LogP contribution in [0.5, 0.6) is 0 Å². The van der Waals surface area contributed by atoms with Crippen molar-refractivity contribution in [3.8, 4) is 6.07 Å². The van der Waals surface area contributed by atoms with Crippen molar-refractivity contribution in [2.45, 2.75) is 40.0 Å². The summed E-state index contributed by atoms with van der Waals surface area (Å²) in [6, 6.07) is 2.22. The Balaban J connectivity index is 1.63. The van der Waals surface area contributed by atoms with Gasteiger partial charge >= 0.3 is 5.97 Å². The second kappa shape index (κ2) is 8.23. The Labute approximate surface area is 168 Å². The lowest BCUT2D eigenvalue weighted by atomic mass is 9.72. The van der Waals surface area contributed by atoms with Gasteiger partial charge in [-0.25, -0.2) is 4.79 Å². The van der Waals surface area contributed by atoms with Crippen molar-refractivity contribution in [3.05, 3.63) is 28.0 Å². The summed E-state index contributed by atoms with van der Waals surface area (Å²) in [4.78, 5) is 25.2. The minimum Gasteiger partial charge on any atom is -0.493 e. The van der Waals surface area contributed by atoms with E-state index in [1.54, 1.807) is 0 Å². The molecule has 1 aromatic rings. The summed E-state index contributed by atoms with van der Waals surface area (Å²) in [7, 11) is 0. The molecule has 0 bridgehead atoms. The Bertz CT molecular complexity index is 844. The Morgan fingerprint density at radius 2 is 2.18 bits per heavy atom. The van der Waals surface area contributed by atoms with Gasteiger partial charge in [-0.1, -0.05) is 20.8 Å². The molecular weight excluding hydrogens is 380 g/mol. The molecule has 1 aliphatic heterocycles. The van der Waals surface area contributed by atoms with Gasteiger partial charge in [0.25, 0.3) is 5.91 Å². The van der Waals surface area contributed by atoms with Gasteiger partial charge in [-0.3, -0.25) is 4.79 Å². The van der Waals surface area contributed by atoms with Gasteiger partial charge in [0.15, 0.2) is 6.61 Å². The van der Waals surface area contributed by atoms with Gasteiger partial charge in [0.05, 0.1) is 5.56 Å². The molecule has 0 fully saturated rings. The van der Waals surface area contributed by atoms with Gasteiger partial charge in [0.1, 0.15) is 30.5 Å². The number of rotatable bonds is 4. The molecule has 0 saturated carbocycles. The van der Waals surface area contributed by atoms with Crippen LogP contribution in [0.15, 0.2) is 12.0 Å². The monoisotopic (exact) mass is 404 g/mol. The van der Waals surface area contributed by atoms with Crippen molar-refractivity contribution in [2.75, 3.05) is 25.1 Å². The van der Waals surface area contributed by atoms with Crippen LogP contribution in [-0.4, -0.2) is 31.7 Å². The fourth-order valence-corrected chi connectivity index (χ4v) is 4.67. The maximum Gasteiger partial charge on any atom is 0.377 e. The van der Waals surface area contributed by atoms with Crippen LogP contribution in [0.2, 0.25) is 0 Å². The van der Waals surface area contributed by atoms with Crippen molar-refractivity contribution in [2.24, 2.45) is 11.3 Å². The molecular formula is C20H24N2O5S. The lowest BCUT2D eigenvalue weighted by Crippen LogP contribution is -2.26. The molecule has 1 atom stereocenters. The number of esters is 1. The average Bonchev–Trinajstić information content (AvgIpc) is 3.02. The van der Waals surface area contributed by atoms with Gasteiger partial charge in [-0.2, -0.15) is 5.26 Å². The summed E-state index contributed by atoms with van der Waals surface area (Å²) < 4.78 is 15.1. The van der Waals surface area contributed by atoms with Crippen molar-refractivity contribution >= 4 is 28.2 Å². The Kier molecular flexibility index (Phi) is 5.94. The van der Waals surface area contributed by atoms with Gasteiger partial charge in [-0.05, 0) is 36.2 Å². The number of anilines is 1. The quantitative estimate of drug-likeness (QED) is 0.774. The second-order valence-corrected chi connectivity index (χ2v) is 9.06. The Hall–Kier alpha value is -2.53. The van der Waals surface area contributed by atoms with Gasteiger partial charge in [-0.15, -0.1) is 11.3 Å². The average molecular weight is 404 g/mol. The zero-order valence-electron chi connectivity index (χ0n) is 16.3. The molecule has 7 nitrogen and oxygen atoms in total. The number of nitrogens with zero attached hydrogens (tertiary/aromatic N) is 1. The van der Waals surface area contributed by atoms with Crippen LogP contribution in [0, 0.1) is 22.7 Å². The molecule has 150 valence electrons. The third-order valence-electron chi connectivity index (χ3n) is 5.04. The molecule has 0 saturated heterocycles. The molecule has 0 unspecified atom stereocenters. The van der Waals surface area contributed by atoms with E-state index >= 15 is 0 Å². The molecule has 0 aromatic carbocycles. The zero-order chi connectivity index (χ0) is 20.3. The molecule has 0 spiro atoms. The van der Waals surface area contributed by atoms with Crippen LogP contribution >= 0.6 is 11.3 Å². The first-order valence-corrected chi connectivity index (χ1v) is 10.1. The molecule has 1 aliphatic carbocycles. The Morgan fingerprint density at radius 3 is 2.82 bits per heavy atom. The maximum absolute atomic E-state index is 12.2. The van der Waals surface area contributed by atoms with E-state index in [1.165, 1.54) is 17.6 Å². The number of ether oxygens (including phenoxy) is 3. The van der Waals surface area contributed by atoms with E-state index in [4.69, 9.17) is 14.2 Å². The first kappa shape index (κ1) is 20.2.